The molecule has 2 fully saturated rings. The van der Waals surface area contributed by atoms with Crippen LogP contribution in [0.1, 0.15) is 24.8 Å². The summed E-state index contributed by atoms with van der Waals surface area (Å²) in [5, 5.41) is 12.1. The SMILES string of the molecule is O=C(O)CC[C@@H]1CN(C(=O)NCCc2ccccc2)CC[C@@H]1N1CCOCC1. The number of nitrogens with one attached hydrogen (secondary N) is 1. The molecule has 0 aliphatic carbocycles. The van der Waals surface area contributed by atoms with E-state index in [0.717, 1.165) is 39.1 Å². The average Bonchev–Trinajstić information content (AvgIpc) is 2.73. The van der Waals surface area contributed by atoms with Crippen LogP contribution in [0, 0.1) is 5.92 Å². The summed E-state index contributed by atoms with van der Waals surface area (Å²) in [5.41, 5.74) is 1.20. The molecule has 2 amide bonds. The lowest BCUT2D eigenvalue weighted by atomic mass is 9.87. The highest BCUT2D eigenvalue weighted by molar-refractivity contribution is 5.74. The van der Waals surface area contributed by atoms with Gasteiger partial charge < -0.3 is 20.1 Å². The predicted molar refractivity (Wildman–Crippen MR) is 106 cm³/mol. The quantitative estimate of drug-likeness (QED) is 0.743. The van der Waals surface area contributed by atoms with Gasteiger partial charge in [0.05, 0.1) is 13.2 Å². The molecule has 28 heavy (non-hydrogen) atoms. The number of ether oxygens (including phenoxy) is 1. The molecular formula is C21H31N3O4. The van der Waals surface area contributed by atoms with Gasteiger partial charge in [-0.1, -0.05) is 30.3 Å². The molecule has 1 aromatic rings. The van der Waals surface area contributed by atoms with E-state index in [0.29, 0.717) is 32.1 Å². The third-order valence-electron chi connectivity index (χ3n) is 5.76. The molecule has 2 N–H and O–H groups in total. The van der Waals surface area contributed by atoms with E-state index in [-0.39, 0.29) is 18.4 Å². The predicted octanol–water partition coefficient (Wildman–Crippen LogP) is 1.83. The first-order chi connectivity index (χ1) is 13.6. The smallest absolute Gasteiger partial charge is 0.317 e. The molecule has 154 valence electrons. The average molecular weight is 389 g/mol. The first kappa shape index (κ1) is 20.6. The number of morpholine rings is 1. The van der Waals surface area contributed by atoms with Crippen LogP contribution in [0.2, 0.25) is 0 Å². The highest BCUT2D eigenvalue weighted by Crippen LogP contribution is 2.27. The monoisotopic (exact) mass is 389 g/mol. The van der Waals surface area contributed by atoms with E-state index in [1.165, 1.54) is 5.56 Å². The maximum atomic E-state index is 12.6. The number of piperidine rings is 1. The first-order valence-electron chi connectivity index (χ1n) is 10.2. The third kappa shape index (κ3) is 5.94. The van der Waals surface area contributed by atoms with Crippen molar-refractivity contribution >= 4 is 12.0 Å². The highest BCUT2D eigenvalue weighted by Gasteiger charge is 2.35. The molecule has 0 spiro atoms. The summed E-state index contributed by atoms with van der Waals surface area (Å²) >= 11 is 0. The van der Waals surface area contributed by atoms with Gasteiger partial charge in [-0.25, -0.2) is 4.79 Å². The fourth-order valence-electron chi connectivity index (χ4n) is 4.26. The van der Waals surface area contributed by atoms with Crippen molar-refractivity contribution in [2.75, 3.05) is 45.9 Å². The van der Waals surface area contributed by atoms with Gasteiger partial charge in [0.25, 0.3) is 0 Å². The summed E-state index contributed by atoms with van der Waals surface area (Å²) < 4.78 is 5.45. The maximum absolute atomic E-state index is 12.6. The number of carboxylic acid groups (broad SMARTS) is 1. The molecule has 2 heterocycles. The van der Waals surface area contributed by atoms with Gasteiger partial charge >= 0.3 is 12.0 Å². The summed E-state index contributed by atoms with van der Waals surface area (Å²) in [5.74, 6) is -0.590. The summed E-state index contributed by atoms with van der Waals surface area (Å²) in [6, 6.07) is 10.4. The number of likely N-dealkylation sites (tertiary alicyclic amines) is 1. The standard InChI is InChI=1S/C21H31N3O4/c25-20(26)7-6-18-16-24(11-9-19(18)23-12-14-28-15-13-23)21(27)22-10-8-17-4-2-1-3-5-17/h1-5,18-19H,6-16H2,(H,22,27)(H,25,26)/t18-,19+/m1/s1. The number of nitrogens with zero attached hydrogens (tertiary/aromatic N) is 2. The molecule has 0 radical (unpaired) electrons. The third-order valence-corrected chi connectivity index (χ3v) is 5.76. The van der Waals surface area contributed by atoms with Crippen molar-refractivity contribution in [3.05, 3.63) is 35.9 Å². The van der Waals surface area contributed by atoms with Crippen LogP contribution in [0.15, 0.2) is 30.3 Å². The molecule has 2 aliphatic heterocycles. The Morgan fingerprint density at radius 2 is 1.89 bits per heavy atom. The summed E-state index contributed by atoms with van der Waals surface area (Å²) in [7, 11) is 0. The first-order valence-corrected chi connectivity index (χ1v) is 10.2. The molecule has 0 unspecified atom stereocenters. The lowest BCUT2D eigenvalue weighted by Crippen LogP contribution is -2.56. The zero-order valence-corrected chi connectivity index (χ0v) is 16.4. The molecule has 0 saturated carbocycles. The number of carbonyl (C=O) groups is 2. The Hall–Kier alpha value is -2.12. The van der Waals surface area contributed by atoms with E-state index in [1.54, 1.807) is 0 Å². The molecule has 0 bridgehead atoms. The maximum Gasteiger partial charge on any atom is 0.317 e. The van der Waals surface area contributed by atoms with Gasteiger partial charge in [-0.15, -0.1) is 0 Å². The topological polar surface area (TPSA) is 82.1 Å². The van der Waals surface area contributed by atoms with E-state index < -0.39 is 5.97 Å². The second-order valence-corrected chi connectivity index (χ2v) is 7.61. The van der Waals surface area contributed by atoms with Crippen LogP contribution in [0.4, 0.5) is 4.79 Å². The van der Waals surface area contributed by atoms with Crippen molar-refractivity contribution < 1.29 is 19.4 Å². The zero-order valence-electron chi connectivity index (χ0n) is 16.4. The Labute approximate surface area is 166 Å². The molecule has 1 aromatic carbocycles. The minimum atomic E-state index is -0.773. The van der Waals surface area contributed by atoms with Crippen molar-refractivity contribution in [3.63, 3.8) is 0 Å². The Bertz CT molecular complexity index is 634. The van der Waals surface area contributed by atoms with E-state index in [1.807, 2.05) is 23.1 Å². The summed E-state index contributed by atoms with van der Waals surface area (Å²) in [6.45, 7) is 5.16. The molecule has 2 atom stereocenters. The minimum absolute atomic E-state index is 0.0447. The number of hydrogen-bond acceptors (Lipinski definition) is 4. The normalized spacial score (nSPS) is 23.4. The van der Waals surface area contributed by atoms with Crippen molar-refractivity contribution in [1.29, 1.82) is 0 Å². The molecule has 2 saturated heterocycles. The van der Waals surface area contributed by atoms with Crippen molar-refractivity contribution in [2.45, 2.75) is 31.7 Å². The number of rotatable bonds is 7. The molecule has 2 aliphatic rings. The van der Waals surface area contributed by atoms with Gasteiger partial charge in [-0.3, -0.25) is 9.69 Å². The van der Waals surface area contributed by atoms with Crippen LogP contribution in [0.25, 0.3) is 0 Å². The Morgan fingerprint density at radius 1 is 1.14 bits per heavy atom. The second kappa shape index (κ2) is 10.4. The minimum Gasteiger partial charge on any atom is -0.481 e. The van der Waals surface area contributed by atoms with E-state index in [4.69, 9.17) is 9.84 Å². The van der Waals surface area contributed by atoms with Gasteiger partial charge in [0.15, 0.2) is 0 Å². The van der Waals surface area contributed by atoms with Crippen LogP contribution in [-0.4, -0.2) is 78.9 Å². The number of aliphatic carboxylic acids is 1. The number of hydrogen-bond donors (Lipinski definition) is 2. The van der Waals surface area contributed by atoms with Crippen molar-refractivity contribution in [1.82, 2.24) is 15.1 Å². The van der Waals surface area contributed by atoms with E-state index in [2.05, 4.69) is 22.3 Å². The van der Waals surface area contributed by atoms with Crippen molar-refractivity contribution in [3.8, 4) is 0 Å². The van der Waals surface area contributed by atoms with Crippen LogP contribution in [-0.2, 0) is 16.0 Å². The molecule has 0 aromatic heterocycles. The molecular weight excluding hydrogens is 358 g/mol. The second-order valence-electron chi connectivity index (χ2n) is 7.61. The van der Waals surface area contributed by atoms with E-state index >= 15 is 0 Å². The van der Waals surface area contributed by atoms with E-state index in [9.17, 15) is 9.59 Å². The Kier molecular flexibility index (Phi) is 7.68. The van der Waals surface area contributed by atoms with Gasteiger partial charge in [0.2, 0.25) is 0 Å². The fraction of sp³-hybridized carbons (Fsp3) is 0.619. The number of carboxylic acids is 1. The molecule has 7 heteroatoms. The molecule has 3 rings (SSSR count). The van der Waals surface area contributed by atoms with Crippen LogP contribution in [0.5, 0.6) is 0 Å². The number of amides is 2. The summed E-state index contributed by atoms with van der Waals surface area (Å²) in [6.07, 6.45) is 2.44. The van der Waals surface area contributed by atoms with Crippen LogP contribution in [0.3, 0.4) is 0 Å². The van der Waals surface area contributed by atoms with Gasteiger partial charge in [-0.05, 0) is 30.7 Å². The number of benzene rings is 1. The van der Waals surface area contributed by atoms with Crippen LogP contribution >= 0.6 is 0 Å². The van der Waals surface area contributed by atoms with Gasteiger partial charge in [-0.2, -0.15) is 0 Å². The lowest BCUT2D eigenvalue weighted by Gasteiger charge is -2.45. The Morgan fingerprint density at radius 3 is 2.61 bits per heavy atom. The number of carbonyl (C=O) groups excluding carboxylic acids is 1. The van der Waals surface area contributed by atoms with Gasteiger partial charge in [0.1, 0.15) is 0 Å². The highest BCUT2D eigenvalue weighted by atomic mass is 16.5. The zero-order chi connectivity index (χ0) is 19.8. The van der Waals surface area contributed by atoms with Crippen LogP contribution < -0.4 is 5.32 Å². The van der Waals surface area contributed by atoms with Crippen molar-refractivity contribution in [2.24, 2.45) is 5.92 Å². The van der Waals surface area contributed by atoms with Gasteiger partial charge in [0, 0.05) is 45.2 Å². The fourth-order valence-corrected chi connectivity index (χ4v) is 4.26. The lowest BCUT2D eigenvalue weighted by molar-refractivity contribution is -0.137. The largest absolute Gasteiger partial charge is 0.481 e. The Balaban J connectivity index is 1.52. The molecule has 7 nitrogen and oxygen atoms in total. The summed E-state index contributed by atoms with van der Waals surface area (Å²) in [4.78, 5) is 28.0. The number of urea groups is 1.